The lowest BCUT2D eigenvalue weighted by molar-refractivity contribution is 0.00153. The van der Waals surface area contributed by atoms with Gasteiger partial charge in [-0.1, -0.05) is 71.7 Å². The Morgan fingerprint density at radius 3 is 1.48 bits per heavy atom. The second-order valence-corrected chi connectivity index (χ2v) is 18.9. The number of aromatic carboxylic acids is 1. The SMILES string of the molecule is CN1CC[C@H](c2c(O)cc(O)c3c(=O)cc(-c4ccccc4Cl)oc23)[C@H](O)C1.CN1CC[C@H](c2c(O)cc(O)c3c(=O)cc(-c4ccccc4Cl)oc23)[C@H](OC(=O)c2ccccc2F)C1.O=C(O)c1ccccc1F. The Kier molecular flexibility index (Phi) is 16.2. The number of phenols is 4. The number of ether oxygens (including phenoxy) is 1. The van der Waals surface area contributed by atoms with Gasteiger partial charge in [-0.3, -0.25) is 9.59 Å². The highest BCUT2D eigenvalue weighted by Crippen LogP contribution is 2.45. The van der Waals surface area contributed by atoms with E-state index < -0.39 is 64.2 Å². The lowest BCUT2D eigenvalue weighted by atomic mass is 9.85. The summed E-state index contributed by atoms with van der Waals surface area (Å²) in [5, 5.41) is 61.9. The molecule has 0 bridgehead atoms. The van der Waals surface area contributed by atoms with Gasteiger partial charge in [-0.2, -0.15) is 0 Å². The summed E-state index contributed by atoms with van der Waals surface area (Å²) < 4.78 is 44.6. The Hall–Kier alpha value is -7.80. The number of carboxylic acids is 1. The molecule has 2 aliphatic rings. The molecule has 6 aromatic carbocycles. The zero-order valence-electron chi connectivity index (χ0n) is 40.0. The Balaban J connectivity index is 0.000000172. The van der Waals surface area contributed by atoms with Crippen LogP contribution < -0.4 is 10.9 Å². The van der Waals surface area contributed by atoms with E-state index in [2.05, 4.69) is 0 Å². The summed E-state index contributed by atoms with van der Waals surface area (Å²) >= 11 is 12.6. The molecule has 388 valence electrons. The lowest BCUT2D eigenvalue weighted by Crippen LogP contribution is -2.43. The molecule has 0 spiro atoms. The summed E-state index contributed by atoms with van der Waals surface area (Å²) in [6.07, 6.45) is -0.546. The van der Waals surface area contributed by atoms with Gasteiger partial charge in [0.2, 0.25) is 0 Å². The number of carbonyl (C=O) groups excluding carboxylic acids is 1. The Bertz CT molecular complexity index is 3590. The van der Waals surface area contributed by atoms with Crippen LogP contribution in [-0.2, 0) is 4.74 Å². The molecule has 0 radical (unpaired) electrons. The van der Waals surface area contributed by atoms with Gasteiger partial charge >= 0.3 is 11.9 Å². The van der Waals surface area contributed by atoms with E-state index in [0.717, 1.165) is 24.7 Å². The number of piperidine rings is 2. The number of phenolic OH excluding ortho intramolecular Hbond substituents is 4. The van der Waals surface area contributed by atoms with Crippen LogP contribution in [0, 0.1) is 11.6 Å². The van der Waals surface area contributed by atoms with Crippen molar-refractivity contribution in [3.05, 3.63) is 186 Å². The van der Waals surface area contributed by atoms with E-state index in [1.54, 1.807) is 48.5 Å². The number of aliphatic hydroxyl groups excluding tert-OH is 1. The first-order chi connectivity index (χ1) is 35.8. The molecule has 4 heterocycles. The summed E-state index contributed by atoms with van der Waals surface area (Å²) in [5.41, 5.74) is 0.126. The molecule has 2 fully saturated rings. The molecule has 10 rings (SSSR count). The van der Waals surface area contributed by atoms with Crippen LogP contribution in [0.1, 0.15) is 56.5 Å². The normalized spacial score (nSPS) is 17.9. The number of carbonyl (C=O) groups is 2. The van der Waals surface area contributed by atoms with Gasteiger partial charge in [-0.15, -0.1) is 0 Å². The number of aromatic hydroxyl groups is 4. The maximum absolute atomic E-state index is 14.3. The van der Waals surface area contributed by atoms with Gasteiger partial charge in [0.25, 0.3) is 0 Å². The van der Waals surface area contributed by atoms with E-state index >= 15 is 0 Å². The highest BCUT2D eigenvalue weighted by atomic mass is 35.5. The van der Waals surface area contributed by atoms with Crippen molar-refractivity contribution in [2.75, 3.05) is 40.3 Å². The maximum Gasteiger partial charge on any atom is 0.341 e. The van der Waals surface area contributed by atoms with Crippen molar-refractivity contribution in [2.45, 2.75) is 36.9 Å². The van der Waals surface area contributed by atoms with Crippen LogP contribution in [0.4, 0.5) is 8.78 Å². The first-order valence-electron chi connectivity index (χ1n) is 23.4. The summed E-state index contributed by atoms with van der Waals surface area (Å²) in [5.74, 6) is -5.47. The molecular weight excluding hydrogens is 1020 g/mol. The highest BCUT2D eigenvalue weighted by molar-refractivity contribution is 6.33. The van der Waals surface area contributed by atoms with Crippen molar-refractivity contribution in [1.29, 1.82) is 0 Å². The number of likely N-dealkylation sites (N-methyl/N-ethyl adjacent to an activating group) is 2. The van der Waals surface area contributed by atoms with Crippen LogP contribution in [0.25, 0.3) is 44.6 Å². The van der Waals surface area contributed by atoms with Crippen molar-refractivity contribution in [3.8, 4) is 45.6 Å². The second-order valence-electron chi connectivity index (χ2n) is 18.1. The summed E-state index contributed by atoms with van der Waals surface area (Å²) in [4.78, 5) is 52.9. The topological polar surface area (TPSA) is 232 Å². The van der Waals surface area contributed by atoms with E-state index in [9.17, 15) is 53.5 Å². The van der Waals surface area contributed by atoms with Gasteiger partial charge < -0.3 is 54.0 Å². The van der Waals surface area contributed by atoms with Crippen LogP contribution in [0.5, 0.6) is 23.0 Å². The monoisotopic (exact) mass is 1060 g/mol. The van der Waals surface area contributed by atoms with E-state index in [1.807, 2.05) is 23.9 Å². The van der Waals surface area contributed by atoms with E-state index in [4.69, 9.17) is 41.9 Å². The van der Waals surface area contributed by atoms with Crippen LogP contribution in [0.3, 0.4) is 0 Å². The van der Waals surface area contributed by atoms with Crippen molar-refractivity contribution >= 4 is 57.1 Å². The first-order valence-corrected chi connectivity index (χ1v) is 24.1. The number of halogens is 4. The first kappa shape index (κ1) is 53.5. The van der Waals surface area contributed by atoms with Gasteiger partial charge in [0.15, 0.2) is 10.9 Å². The van der Waals surface area contributed by atoms with Gasteiger partial charge in [0.05, 0.1) is 27.3 Å². The standard InChI is InChI=1S/C28H23ClFNO6.C21H20ClNO5.C7H5FO2/c1-31-11-10-17(24(14-31)37-28(35)16-7-3-5-9-19(16)30)25-20(32)12-21(33)26-22(34)13-23(36-27(25)26)15-6-2-4-8-18(15)29;1-23-7-6-12(17(27)10-23)19-14(24)8-15(25)20-16(26)9-18(28-21(19)20)11-4-2-3-5-13(11)22;8-6-4-2-1-3-5(6)7(9)10/h2-9,12-13,17,24,32-33H,10-11,14H2,1H3;2-5,8-9,12,17,24-25,27H,6-7,10H2,1H3;1-4H,(H,9,10)/t17-,24+;12-,17+;/m00./s1. The van der Waals surface area contributed by atoms with Crippen LogP contribution >= 0.6 is 23.2 Å². The fourth-order valence-corrected chi connectivity index (χ4v) is 9.81. The molecule has 2 saturated heterocycles. The number of carboxylic acid groups (broad SMARTS) is 1. The largest absolute Gasteiger partial charge is 0.507 e. The van der Waals surface area contributed by atoms with Crippen molar-refractivity contribution < 1.29 is 62.6 Å². The van der Waals surface area contributed by atoms with Crippen LogP contribution in [0.2, 0.25) is 10.0 Å². The lowest BCUT2D eigenvalue weighted by Gasteiger charge is -2.36. The molecule has 0 amide bonds. The average Bonchev–Trinajstić information content (AvgIpc) is 3.36. The molecule has 8 aromatic rings. The van der Waals surface area contributed by atoms with Gasteiger partial charge in [0.1, 0.15) is 74.2 Å². The molecule has 0 saturated carbocycles. The predicted molar refractivity (Wildman–Crippen MR) is 277 cm³/mol. The number of esters is 1. The number of nitrogens with zero attached hydrogens (tertiary/aromatic N) is 2. The Labute approximate surface area is 436 Å². The zero-order chi connectivity index (χ0) is 53.8. The maximum atomic E-state index is 14.3. The summed E-state index contributed by atoms with van der Waals surface area (Å²) in [7, 11) is 3.76. The molecule has 0 unspecified atom stereocenters. The fraction of sp³-hybridized carbons (Fsp3) is 0.214. The van der Waals surface area contributed by atoms with Crippen LogP contribution in [-0.4, -0.2) is 105 Å². The number of β-amino-alcohol motifs (C(OH)–C–C–N with tert-alkyl or cyclic N) is 1. The molecule has 75 heavy (non-hydrogen) atoms. The van der Waals surface area contributed by atoms with Crippen molar-refractivity contribution in [3.63, 3.8) is 0 Å². The number of fused-ring (bicyclic) bond motifs is 2. The molecular formula is C56H48Cl2F2N2O13. The third-order valence-corrected chi connectivity index (χ3v) is 13.7. The van der Waals surface area contributed by atoms with Gasteiger partial charge in [-0.05, 0) is 88.6 Å². The van der Waals surface area contributed by atoms with Crippen molar-refractivity contribution in [1.82, 2.24) is 9.80 Å². The quantitative estimate of drug-likeness (QED) is 0.0816. The minimum atomic E-state index is -1.24. The van der Waals surface area contributed by atoms with Crippen LogP contribution in [0.15, 0.2) is 140 Å². The van der Waals surface area contributed by atoms with E-state index in [1.165, 1.54) is 54.6 Å². The molecule has 4 atom stereocenters. The zero-order valence-corrected chi connectivity index (χ0v) is 41.6. The number of benzene rings is 6. The number of likely N-dealkylation sites (tertiary alicyclic amines) is 2. The third kappa shape index (κ3) is 11.5. The van der Waals surface area contributed by atoms with E-state index in [0.29, 0.717) is 59.2 Å². The summed E-state index contributed by atoms with van der Waals surface area (Å²) in [6.45, 7) is 2.04. The minimum absolute atomic E-state index is 0.0188. The van der Waals surface area contributed by atoms with E-state index in [-0.39, 0.29) is 67.4 Å². The number of aliphatic hydroxyl groups is 1. The minimum Gasteiger partial charge on any atom is -0.507 e. The Morgan fingerprint density at radius 1 is 0.600 bits per heavy atom. The number of rotatable bonds is 7. The highest BCUT2D eigenvalue weighted by Gasteiger charge is 2.38. The van der Waals surface area contributed by atoms with Gasteiger partial charge in [-0.25, -0.2) is 18.4 Å². The van der Waals surface area contributed by atoms with Gasteiger partial charge in [0, 0.05) is 71.4 Å². The predicted octanol–water partition coefficient (Wildman–Crippen LogP) is 10.1. The molecule has 19 heteroatoms. The fourth-order valence-electron chi connectivity index (χ4n) is 9.36. The molecule has 6 N–H and O–H groups in total. The summed E-state index contributed by atoms with van der Waals surface area (Å²) in [6, 6.07) is 29.2. The Morgan fingerprint density at radius 2 is 1.03 bits per heavy atom. The molecule has 2 aromatic heterocycles. The second kappa shape index (κ2) is 22.8. The molecule has 0 aliphatic carbocycles. The average molecular weight is 1070 g/mol. The smallest absolute Gasteiger partial charge is 0.341 e. The third-order valence-electron chi connectivity index (χ3n) is 13.0. The molecule has 2 aliphatic heterocycles. The number of hydrogen-bond donors (Lipinski definition) is 6. The van der Waals surface area contributed by atoms with Crippen molar-refractivity contribution in [2.24, 2.45) is 0 Å². The molecule has 15 nitrogen and oxygen atoms in total. The number of hydrogen-bond acceptors (Lipinski definition) is 14.